The number of hydrogen-bond acceptors (Lipinski definition) is 5. The average molecular weight is 718 g/mol. The van der Waals surface area contributed by atoms with Crippen molar-refractivity contribution in [2.24, 2.45) is 0 Å². The minimum atomic E-state index is -0.824. The van der Waals surface area contributed by atoms with Gasteiger partial charge in [0.1, 0.15) is 28.7 Å². The third-order valence-corrected chi connectivity index (χ3v) is 11.5. The summed E-state index contributed by atoms with van der Waals surface area (Å²) in [6.07, 6.45) is 0. The van der Waals surface area contributed by atoms with Gasteiger partial charge in [0.15, 0.2) is 0 Å². The second kappa shape index (κ2) is 13.8. The first-order valence-electron chi connectivity index (χ1n) is 20.0. The molecule has 0 saturated carbocycles. The Hall–Kier alpha value is -6.46. The summed E-state index contributed by atoms with van der Waals surface area (Å²) >= 11 is 0. The Morgan fingerprint density at radius 3 is 0.667 bits per heavy atom. The second-order valence-electron chi connectivity index (χ2n) is 14.7. The van der Waals surface area contributed by atoms with Crippen LogP contribution in [-0.4, -0.2) is 32.7 Å². The van der Waals surface area contributed by atoms with Crippen LogP contribution in [0.3, 0.4) is 0 Å². The van der Waals surface area contributed by atoms with E-state index >= 15 is 0 Å². The molecule has 5 N–H and O–H groups in total. The zero-order valence-electron chi connectivity index (χ0n) is 35.6. The summed E-state index contributed by atoms with van der Waals surface area (Å²) in [5.41, 5.74) is 7.41. The Bertz CT molecular complexity index is 2270. The minimum Gasteiger partial charge on any atom is -0.508 e. The maximum Gasteiger partial charge on any atom is 0.293 e. The summed E-state index contributed by atoms with van der Waals surface area (Å²) in [5.74, 6) is 2.05. The van der Waals surface area contributed by atoms with Crippen LogP contribution in [0.1, 0.15) is 76.4 Å². The van der Waals surface area contributed by atoms with Gasteiger partial charge in [-0.3, -0.25) is 0 Å². The molecule has 0 aliphatic carbocycles. The second-order valence-corrected chi connectivity index (χ2v) is 14.7. The van der Waals surface area contributed by atoms with Crippen molar-refractivity contribution in [3.05, 3.63) is 219 Å². The SMILES string of the molecule is [2H]Oc1ccc(C(C)(c2ccc(C)cc2)c2cc(C(C)(c3ccc(O[2H])cc3)c3ccc(O[2H])cc3)cc(C(C)(c3ccc(O[2H])cc3)c3ccc(O[2H])cc3)c2)cc1. The summed E-state index contributed by atoms with van der Waals surface area (Å²) in [6, 6.07) is 53.0. The van der Waals surface area contributed by atoms with Gasteiger partial charge < -0.3 is 25.5 Å². The van der Waals surface area contributed by atoms with Crippen LogP contribution in [0.25, 0.3) is 0 Å². The van der Waals surface area contributed by atoms with Crippen molar-refractivity contribution < 1.29 is 25.5 Å². The summed E-state index contributed by atoms with van der Waals surface area (Å²) in [6.45, 7) is 8.63. The van der Waals surface area contributed by atoms with Crippen LogP contribution in [0.5, 0.6) is 28.7 Å². The van der Waals surface area contributed by atoms with E-state index in [1.807, 2.05) is 72.8 Å². The molecule has 1 atom stereocenters. The van der Waals surface area contributed by atoms with Gasteiger partial charge in [-0.15, -0.1) is 0 Å². The van der Waals surface area contributed by atoms with Gasteiger partial charge in [0.05, 0.1) is 0 Å². The summed E-state index contributed by atoms with van der Waals surface area (Å²) in [4.78, 5) is 0. The molecule has 5 nitrogen and oxygen atoms in total. The minimum absolute atomic E-state index is 0.406. The maximum absolute atomic E-state index is 7.57. The lowest BCUT2D eigenvalue weighted by Gasteiger charge is -2.39. The maximum atomic E-state index is 7.57. The number of phenolic OH excluding ortho intramolecular Hbond substituents is 5. The Kier molecular flexibility index (Phi) is 7.70. The van der Waals surface area contributed by atoms with E-state index in [4.69, 9.17) is 32.7 Å². The molecule has 1 unspecified atom stereocenters. The number of aryl methyl sites for hydroxylation is 1. The quantitative estimate of drug-likeness (QED) is 0.0721. The summed E-state index contributed by atoms with van der Waals surface area (Å²) < 4.78 is 37.8. The normalized spacial score (nSPS) is 13.9. The lowest BCUT2D eigenvalue weighted by atomic mass is 9.63. The van der Waals surface area contributed by atoms with Gasteiger partial charge in [0, 0.05) is 16.2 Å². The highest BCUT2D eigenvalue weighted by atomic mass is 16.3. The predicted octanol–water partition coefficient (Wildman–Crippen LogP) is 10.6. The molecule has 0 saturated heterocycles. The fourth-order valence-corrected chi connectivity index (χ4v) is 7.82. The third-order valence-electron chi connectivity index (χ3n) is 11.5. The van der Waals surface area contributed by atoms with Crippen molar-refractivity contribution in [1.29, 1.82) is 7.16 Å². The Morgan fingerprint density at radius 1 is 0.296 bits per heavy atom. The summed E-state index contributed by atoms with van der Waals surface area (Å²) in [7, 11) is 0. The number of benzene rings is 7. The molecule has 0 aromatic heterocycles. The molecule has 7 rings (SSSR count). The molecule has 0 radical (unpaired) electrons. The van der Waals surface area contributed by atoms with Crippen LogP contribution in [0, 0.1) is 6.92 Å². The number of aromatic hydroxyl groups is 5. The highest BCUT2D eigenvalue weighted by molar-refractivity contribution is 5.61. The van der Waals surface area contributed by atoms with Crippen molar-refractivity contribution >= 4 is 0 Å². The highest BCUT2D eigenvalue weighted by Crippen LogP contribution is 2.49. The van der Waals surface area contributed by atoms with Crippen molar-refractivity contribution in [2.45, 2.75) is 43.9 Å². The molecule has 0 aliphatic heterocycles. The van der Waals surface area contributed by atoms with Gasteiger partial charge in [-0.2, -0.15) is 0 Å². The zero-order chi connectivity index (χ0) is 41.8. The van der Waals surface area contributed by atoms with Crippen LogP contribution in [0.4, 0.5) is 0 Å². The number of phenols is 5. The van der Waals surface area contributed by atoms with Crippen molar-refractivity contribution in [1.82, 2.24) is 0 Å². The molecule has 7 aromatic carbocycles. The lowest BCUT2D eigenvalue weighted by Crippen LogP contribution is -2.32. The molecule has 0 heterocycles. The van der Waals surface area contributed by atoms with E-state index < -0.39 is 16.2 Å². The van der Waals surface area contributed by atoms with E-state index in [-0.39, 0.29) is 0 Å². The Morgan fingerprint density at radius 2 is 0.481 bits per heavy atom. The molecular weight excluding hydrogens is 669 g/mol. The largest absolute Gasteiger partial charge is 0.508 e. The van der Waals surface area contributed by atoms with E-state index in [0.29, 0.717) is 28.7 Å². The molecule has 0 spiro atoms. The zero-order valence-corrected chi connectivity index (χ0v) is 30.6. The van der Waals surface area contributed by atoms with E-state index in [0.717, 1.165) is 55.6 Å². The molecule has 5 heteroatoms. The van der Waals surface area contributed by atoms with Crippen LogP contribution < -0.4 is 0 Å². The molecule has 0 amide bonds. The lowest BCUT2D eigenvalue weighted by molar-refractivity contribution is 0.473. The van der Waals surface area contributed by atoms with Gasteiger partial charge in [-0.05, 0) is 138 Å². The first kappa shape index (κ1) is 30.0. The van der Waals surface area contributed by atoms with Crippen LogP contribution >= 0.6 is 0 Å². The fourth-order valence-electron chi connectivity index (χ4n) is 7.82. The van der Waals surface area contributed by atoms with Crippen molar-refractivity contribution in [3.63, 3.8) is 0 Å². The first-order chi connectivity index (χ1) is 28.5. The Labute approximate surface area is 324 Å². The van der Waals surface area contributed by atoms with Gasteiger partial charge in [0.2, 0.25) is 0 Å². The molecule has 7 aromatic rings. The topological polar surface area (TPSA) is 101 Å². The predicted molar refractivity (Wildman–Crippen MR) is 215 cm³/mol. The van der Waals surface area contributed by atoms with Crippen molar-refractivity contribution in [2.75, 3.05) is 0 Å². The van der Waals surface area contributed by atoms with E-state index in [9.17, 15) is 0 Å². The van der Waals surface area contributed by atoms with Gasteiger partial charge in [-0.25, -0.2) is 0 Å². The number of hydrogen-bond donors (Lipinski definition) is 5. The van der Waals surface area contributed by atoms with E-state index in [1.165, 1.54) is 0 Å². The molecule has 0 bridgehead atoms. The first-order valence-corrected chi connectivity index (χ1v) is 17.9. The Balaban J connectivity index is 1.62. The molecule has 0 fully saturated rings. The standard InChI is InChI=1S/C49H44O5/c1-32-5-7-33(8-6-32)47(2,34-9-19-42(50)20-10-34)39-29-40(48(3,35-11-21-43(51)22-12-35)36-13-23-44(52)24-14-36)31-41(30-39)49(4,37-15-25-45(53)26-16-37)38-17-27-46(54)28-18-38/h5-31,50-54H,1-4H3/i/hD5. The van der Waals surface area contributed by atoms with Gasteiger partial charge >= 0.3 is 0 Å². The van der Waals surface area contributed by atoms with E-state index in [2.05, 4.69) is 70.2 Å². The van der Waals surface area contributed by atoms with Crippen LogP contribution in [0.2, 0.25) is 0 Å². The molecular formula is C49H44O5. The monoisotopic (exact) mass is 717 g/mol. The highest BCUT2D eigenvalue weighted by Gasteiger charge is 2.40. The molecule has 270 valence electrons. The van der Waals surface area contributed by atoms with Crippen LogP contribution in [0.15, 0.2) is 164 Å². The van der Waals surface area contributed by atoms with Crippen LogP contribution in [-0.2, 0) is 16.2 Å². The fraction of sp³-hybridized carbons (Fsp3) is 0.143. The molecule has 54 heavy (non-hydrogen) atoms. The van der Waals surface area contributed by atoms with E-state index in [1.54, 1.807) is 48.5 Å². The number of rotatable bonds is 14. The average Bonchev–Trinajstić information content (AvgIpc) is 3.31. The molecule has 0 aliphatic rings. The van der Waals surface area contributed by atoms with Gasteiger partial charge in [-0.1, -0.05) is 109 Å². The van der Waals surface area contributed by atoms with Gasteiger partial charge in [0.25, 0.3) is 7.16 Å². The third kappa shape index (κ3) is 6.32. The smallest absolute Gasteiger partial charge is 0.293 e. The van der Waals surface area contributed by atoms with Crippen molar-refractivity contribution in [3.8, 4) is 28.7 Å². The summed E-state index contributed by atoms with van der Waals surface area (Å²) in [5, 5.41) is 24.3.